The number of carboxylic acids is 1. The van der Waals surface area contributed by atoms with Crippen LogP contribution in [-0.4, -0.2) is 73.8 Å². The Bertz CT molecular complexity index is 1270. The number of phenols is 1. The second kappa shape index (κ2) is 14.7. The molecule has 40 heavy (non-hydrogen) atoms. The molecule has 1 heterocycles. The van der Waals surface area contributed by atoms with Crippen molar-refractivity contribution in [1.82, 2.24) is 25.9 Å². The van der Waals surface area contributed by atoms with Crippen LogP contribution in [0.5, 0.6) is 5.75 Å². The van der Waals surface area contributed by atoms with E-state index in [-0.39, 0.29) is 30.8 Å². The van der Waals surface area contributed by atoms with Crippen molar-refractivity contribution in [2.45, 2.75) is 43.4 Å². The van der Waals surface area contributed by atoms with Gasteiger partial charge in [-0.1, -0.05) is 42.5 Å². The van der Waals surface area contributed by atoms with Gasteiger partial charge in [0.2, 0.25) is 17.7 Å². The number of imidazole rings is 1. The average Bonchev–Trinajstić information content (AvgIpc) is 3.46. The lowest BCUT2D eigenvalue weighted by Crippen LogP contribution is -2.58. The number of nitrogens with one attached hydrogen (secondary N) is 4. The number of amides is 3. The monoisotopic (exact) mass is 568 g/mol. The molecule has 4 atom stereocenters. The molecule has 0 aliphatic carbocycles. The van der Waals surface area contributed by atoms with E-state index in [0.717, 1.165) is 5.56 Å². The molecule has 212 valence electrons. The number of nitrogens with two attached hydrogens (primary N) is 1. The number of aromatic nitrogens is 2. The van der Waals surface area contributed by atoms with Gasteiger partial charge < -0.3 is 36.9 Å². The lowest BCUT2D eigenvalue weighted by Gasteiger charge is -2.25. The predicted octanol–water partition coefficient (Wildman–Crippen LogP) is -0.0607. The van der Waals surface area contributed by atoms with Gasteiger partial charge in [0.25, 0.3) is 0 Å². The van der Waals surface area contributed by atoms with Crippen LogP contribution < -0.4 is 21.7 Å². The van der Waals surface area contributed by atoms with Crippen LogP contribution in [0.2, 0.25) is 0 Å². The lowest BCUT2D eigenvalue weighted by molar-refractivity contribution is -0.142. The van der Waals surface area contributed by atoms with Gasteiger partial charge in [0, 0.05) is 36.9 Å². The van der Waals surface area contributed by atoms with Crippen molar-refractivity contribution >= 4 is 36.3 Å². The van der Waals surface area contributed by atoms with Crippen LogP contribution in [0.4, 0.5) is 0 Å². The molecular weight excluding hydrogens is 536 g/mol. The van der Waals surface area contributed by atoms with Crippen molar-refractivity contribution in [1.29, 1.82) is 0 Å². The van der Waals surface area contributed by atoms with E-state index in [1.165, 1.54) is 24.7 Å². The van der Waals surface area contributed by atoms with Gasteiger partial charge in [-0.25, -0.2) is 9.78 Å². The van der Waals surface area contributed by atoms with Gasteiger partial charge in [0.1, 0.15) is 23.9 Å². The molecule has 12 nitrogen and oxygen atoms in total. The Kier molecular flexibility index (Phi) is 11.1. The van der Waals surface area contributed by atoms with Crippen LogP contribution in [0, 0.1) is 0 Å². The first-order chi connectivity index (χ1) is 19.2. The number of aromatic hydroxyl groups is 1. The number of aromatic amines is 1. The van der Waals surface area contributed by atoms with Crippen molar-refractivity contribution in [3.63, 3.8) is 0 Å². The van der Waals surface area contributed by atoms with Gasteiger partial charge in [0.05, 0.1) is 12.4 Å². The minimum Gasteiger partial charge on any atom is -0.508 e. The first-order valence-electron chi connectivity index (χ1n) is 12.5. The second-order valence-electron chi connectivity index (χ2n) is 9.15. The summed E-state index contributed by atoms with van der Waals surface area (Å²) in [6.45, 7) is 0. The zero-order valence-electron chi connectivity index (χ0n) is 21.5. The molecule has 0 aliphatic heterocycles. The van der Waals surface area contributed by atoms with Gasteiger partial charge >= 0.3 is 5.97 Å². The van der Waals surface area contributed by atoms with E-state index in [9.17, 15) is 29.4 Å². The smallest absolute Gasteiger partial charge is 0.326 e. The van der Waals surface area contributed by atoms with Gasteiger partial charge in [-0.15, -0.1) is 0 Å². The minimum atomic E-state index is -1.31. The van der Waals surface area contributed by atoms with Gasteiger partial charge in [0.15, 0.2) is 0 Å². The quantitative estimate of drug-likeness (QED) is 0.124. The van der Waals surface area contributed by atoms with Gasteiger partial charge in [-0.05, 0) is 23.3 Å². The fourth-order valence-corrected chi connectivity index (χ4v) is 4.02. The molecule has 0 spiro atoms. The molecule has 8 N–H and O–H groups in total. The number of carboxylic acid groups (broad SMARTS) is 1. The number of nitrogens with zero attached hydrogens (tertiary/aromatic N) is 1. The number of carbonyl (C=O) groups excluding carboxylic acids is 3. The number of rotatable bonds is 14. The Balaban J connectivity index is 1.84. The van der Waals surface area contributed by atoms with Crippen molar-refractivity contribution in [2.24, 2.45) is 5.73 Å². The van der Waals surface area contributed by atoms with E-state index in [1.54, 1.807) is 36.4 Å². The van der Waals surface area contributed by atoms with Gasteiger partial charge in [-0.2, -0.15) is 12.6 Å². The van der Waals surface area contributed by atoms with E-state index in [4.69, 9.17) is 5.73 Å². The number of thiol groups is 1. The SMILES string of the molecule is NC(CS)C(=O)NC(Cc1ccccc1)C(=O)NC(Cc1ccc(O)cc1)C(=O)NC(Cc1cnc[nH]1)C(=O)O. The van der Waals surface area contributed by atoms with E-state index in [2.05, 4.69) is 38.5 Å². The standard InChI is InChI=1S/C27H32N6O6S/c28-20(14-40)24(35)31-21(10-16-4-2-1-3-5-16)25(36)32-22(11-17-6-8-19(34)9-7-17)26(37)33-23(27(38)39)12-18-13-29-15-30-18/h1-9,13,15,20-23,34,40H,10-12,14,28H2,(H,29,30)(H,31,35)(H,32,36)(H,33,37)(H,38,39). The molecule has 1 aromatic heterocycles. The number of benzene rings is 2. The summed E-state index contributed by atoms with van der Waals surface area (Å²) in [7, 11) is 0. The maximum atomic E-state index is 13.5. The number of carbonyl (C=O) groups is 4. The summed E-state index contributed by atoms with van der Waals surface area (Å²) in [6.07, 6.45) is 2.88. The zero-order valence-corrected chi connectivity index (χ0v) is 22.4. The van der Waals surface area contributed by atoms with E-state index in [1.807, 2.05) is 6.07 Å². The van der Waals surface area contributed by atoms with E-state index >= 15 is 0 Å². The first-order valence-corrected chi connectivity index (χ1v) is 13.1. The molecule has 13 heteroatoms. The highest BCUT2D eigenvalue weighted by Gasteiger charge is 2.31. The topological polar surface area (TPSA) is 200 Å². The first kappa shape index (κ1) is 30.2. The number of H-pyrrole nitrogens is 1. The Labute approximate surface area is 236 Å². The third-order valence-corrected chi connectivity index (χ3v) is 6.45. The summed E-state index contributed by atoms with van der Waals surface area (Å²) < 4.78 is 0. The number of hydrogen-bond acceptors (Lipinski definition) is 8. The van der Waals surface area contributed by atoms with Crippen molar-refractivity contribution in [2.75, 3.05) is 5.75 Å². The van der Waals surface area contributed by atoms with Crippen LogP contribution in [0.1, 0.15) is 16.8 Å². The molecule has 0 fully saturated rings. The molecule has 0 radical (unpaired) electrons. The van der Waals surface area contributed by atoms with Crippen LogP contribution in [0.15, 0.2) is 67.1 Å². The highest BCUT2D eigenvalue weighted by atomic mass is 32.1. The predicted molar refractivity (Wildman–Crippen MR) is 150 cm³/mol. The fraction of sp³-hybridized carbons (Fsp3) is 0.296. The molecule has 3 amide bonds. The molecule has 3 aromatic rings. The van der Waals surface area contributed by atoms with E-state index in [0.29, 0.717) is 11.3 Å². The Morgan fingerprint density at radius 1 is 0.825 bits per heavy atom. The Morgan fingerprint density at radius 3 is 1.90 bits per heavy atom. The molecule has 0 saturated carbocycles. The average molecular weight is 569 g/mol. The Morgan fingerprint density at radius 2 is 1.38 bits per heavy atom. The number of phenolic OH excluding ortho intramolecular Hbond substituents is 1. The highest BCUT2D eigenvalue weighted by Crippen LogP contribution is 2.13. The zero-order chi connectivity index (χ0) is 29.1. The molecule has 0 saturated heterocycles. The normalized spacial score (nSPS) is 13.8. The van der Waals surface area contributed by atoms with Crippen molar-refractivity contribution in [3.05, 3.63) is 83.9 Å². The summed E-state index contributed by atoms with van der Waals surface area (Å²) in [6, 6.07) is 10.4. The van der Waals surface area contributed by atoms with Crippen LogP contribution in [0.3, 0.4) is 0 Å². The third kappa shape index (κ3) is 9.13. The Hall–Kier alpha value is -4.36. The summed E-state index contributed by atoms with van der Waals surface area (Å²) >= 11 is 4.04. The van der Waals surface area contributed by atoms with E-state index < -0.39 is 47.9 Å². The van der Waals surface area contributed by atoms with Crippen LogP contribution in [0.25, 0.3) is 0 Å². The van der Waals surface area contributed by atoms with Gasteiger partial charge in [-0.3, -0.25) is 14.4 Å². The van der Waals surface area contributed by atoms with Crippen molar-refractivity contribution in [3.8, 4) is 5.75 Å². The summed E-state index contributed by atoms with van der Waals surface area (Å²) in [5.41, 5.74) is 7.65. The summed E-state index contributed by atoms with van der Waals surface area (Å²) in [5.74, 6) is -3.19. The number of aliphatic carboxylic acids is 1. The van der Waals surface area contributed by atoms with Crippen LogP contribution in [-0.2, 0) is 38.4 Å². The second-order valence-corrected chi connectivity index (χ2v) is 9.52. The largest absolute Gasteiger partial charge is 0.508 e. The van der Waals surface area contributed by atoms with Crippen LogP contribution >= 0.6 is 12.6 Å². The molecule has 2 aromatic carbocycles. The number of hydrogen-bond donors (Lipinski definition) is 8. The molecular formula is C27H32N6O6S. The minimum absolute atomic E-state index is 0.0175. The summed E-state index contributed by atoms with van der Waals surface area (Å²) in [4.78, 5) is 58.0. The van der Waals surface area contributed by atoms with Crippen molar-refractivity contribution < 1.29 is 29.4 Å². The lowest BCUT2D eigenvalue weighted by atomic mass is 10.0. The molecule has 4 unspecified atom stereocenters. The maximum absolute atomic E-state index is 13.5. The fourth-order valence-electron chi connectivity index (χ4n) is 3.86. The maximum Gasteiger partial charge on any atom is 0.326 e. The molecule has 0 bridgehead atoms. The summed E-state index contributed by atoms with van der Waals surface area (Å²) in [5, 5.41) is 27.1. The third-order valence-electron chi connectivity index (χ3n) is 6.05. The molecule has 3 rings (SSSR count). The highest BCUT2D eigenvalue weighted by molar-refractivity contribution is 7.80. The molecule has 0 aliphatic rings.